The highest BCUT2D eigenvalue weighted by Gasteiger charge is 2.28. The van der Waals surface area contributed by atoms with Crippen LogP contribution in [0.4, 0.5) is 8.78 Å². The molecular formula is C15H12F2O2. The largest absolute Gasteiger partial charge is 0.485 e. The minimum Gasteiger partial charge on any atom is -0.485 e. The van der Waals surface area contributed by atoms with Crippen LogP contribution in [0.5, 0.6) is 5.75 Å². The first-order valence-corrected chi connectivity index (χ1v) is 6.03. The third-order valence-electron chi connectivity index (χ3n) is 3.28. The second-order valence-corrected chi connectivity index (χ2v) is 4.59. The van der Waals surface area contributed by atoms with E-state index in [4.69, 9.17) is 4.74 Å². The molecule has 3 rings (SSSR count). The van der Waals surface area contributed by atoms with Gasteiger partial charge < -0.3 is 9.84 Å². The zero-order valence-electron chi connectivity index (χ0n) is 10.0. The van der Waals surface area contributed by atoms with Crippen LogP contribution in [0.3, 0.4) is 0 Å². The van der Waals surface area contributed by atoms with Crippen molar-refractivity contribution in [1.82, 2.24) is 0 Å². The number of fused-ring (bicyclic) bond motifs is 1. The van der Waals surface area contributed by atoms with Gasteiger partial charge in [0.15, 0.2) is 0 Å². The third-order valence-corrected chi connectivity index (χ3v) is 3.28. The lowest BCUT2D eigenvalue weighted by Crippen LogP contribution is -2.19. The van der Waals surface area contributed by atoms with Crippen molar-refractivity contribution >= 4 is 0 Å². The van der Waals surface area contributed by atoms with Crippen LogP contribution < -0.4 is 4.74 Å². The van der Waals surface area contributed by atoms with Crippen molar-refractivity contribution < 1.29 is 18.6 Å². The zero-order valence-corrected chi connectivity index (χ0v) is 10.0. The number of hydrogen-bond acceptors (Lipinski definition) is 2. The van der Waals surface area contributed by atoms with Crippen molar-refractivity contribution in [3.8, 4) is 5.75 Å². The van der Waals surface area contributed by atoms with Gasteiger partial charge in [0.2, 0.25) is 0 Å². The smallest absolute Gasteiger partial charge is 0.127 e. The van der Waals surface area contributed by atoms with Gasteiger partial charge in [0.25, 0.3) is 0 Å². The molecule has 1 N–H and O–H groups in total. The maximum absolute atomic E-state index is 13.1. The molecule has 0 aromatic heterocycles. The predicted molar refractivity (Wildman–Crippen MR) is 65.7 cm³/mol. The van der Waals surface area contributed by atoms with Crippen molar-refractivity contribution in [1.29, 1.82) is 0 Å². The Kier molecular flexibility index (Phi) is 2.95. The molecule has 0 aliphatic carbocycles. The van der Waals surface area contributed by atoms with Gasteiger partial charge in [-0.15, -0.1) is 0 Å². The van der Waals surface area contributed by atoms with Crippen LogP contribution >= 0.6 is 0 Å². The second-order valence-electron chi connectivity index (χ2n) is 4.59. The summed E-state index contributed by atoms with van der Waals surface area (Å²) in [6, 6.07) is 10.0. The Morgan fingerprint density at radius 3 is 2.42 bits per heavy atom. The first-order chi connectivity index (χ1) is 9.13. The minimum absolute atomic E-state index is 0.317. The molecule has 1 heterocycles. The molecule has 0 fully saturated rings. The Labute approximate surface area is 109 Å². The molecule has 98 valence electrons. The molecule has 0 spiro atoms. The molecule has 0 bridgehead atoms. The van der Waals surface area contributed by atoms with Crippen LogP contribution in [0, 0.1) is 11.6 Å². The van der Waals surface area contributed by atoms with E-state index in [0.29, 0.717) is 17.7 Å². The van der Waals surface area contributed by atoms with Gasteiger partial charge in [0, 0.05) is 12.0 Å². The molecule has 2 atom stereocenters. The summed E-state index contributed by atoms with van der Waals surface area (Å²) in [6.45, 7) is 0. The summed E-state index contributed by atoms with van der Waals surface area (Å²) in [5, 5.41) is 10.1. The van der Waals surface area contributed by atoms with Gasteiger partial charge in [-0.25, -0.2) is 8.78 Å². The first kappa shape index (κ1) is 12.1. The highest BCUT2D eigenvalue weighted by molar-refractivity contribution is 5.38. The van der Waals surface area contributed by atoms with E-state index < -0.39 is 11.9 Å². The molecule has 2 aromatic carbocycles. The monoisotopic (exact) mass is 262 g/mol. The fourth-order valence-corrected chi connectivity index (χ4v) is 2.30. The molecule has 0 amide bonds. The van der Waals surface area contributed by atoms with E-state index in [9.17, 15) is 13.9 Å². The topological polar surface area (TPSA) is 29.5 Å². The lowest BCUT2D eigenvalue weighted by molar-refractivity contribution is 0.0653. The molecule has 2 aromatic rings. The zero-order chi connectivity index (χ0) is 13.4. The summed E-state index contributed by atoms with van der Waals surface area (Å²) in [5.74, 6) is -0.251. The Morgan fingerprint density at radius 1 is 1.00 bits per heavy atom. The SMILES string of the molecule is O[C@@H]1CC(c2ccc(F)cc2)Oc2ccc(F)cc21. The van der Waals surface area contributed by atoms with E-state index >= 15 is 0 Å². The van der Waals surface area contributed by atoms with Gasteiger partial charge in [-0.3, -0.25) is 0 Å². The summed E-state index contributed by atoms with van der Waals surface area (Å²) in [5.41, 5.74) is 1.24. The van der Waals surface area contributed by atoms with Crippen molar-refractivity contribution in [3.63, 3.8) is 0 Å². The van der Waals surface area contributed by atoms with Crippen LogP contribution in [0.1, 0.15) is 29.8 Å². The number of hydrogen-bond donors (Lipinski definition) is 1. The van der Waals surface area contributed by atoms with E-state index in [1.165, 1.54) is 30.3 Å². The number of rotatable bonds is 1. The summed E-state index contributed by atoms with van der Waals surface area (Å²) < 4.78 is 31.7. The summed E-state index contributed by atoms with van der Waals surface area (Å²) in [7, 11) is 0. The molecule has 1 unspecified atom stereocenters. The fraction of sp³-hybridized carbons (Fsp3) is 0.200. The predicted octanol–water partition coefficient (Wildman–Crippen LogP) is 3.52. The highest BCUT2D eigenvalue weighted by atomic mass is 19.1. The standard InChI is InChI=1S/C15H12F2O2/c16-10-3-1-9(2-4-10)15-8-13(18)12-7-11(17)5-6-14(12)19-15/h1-7,13,15,18H,8H2/t13-,15?/m1/s1. The fourth-order valence-electron chi connectivity index (χ4n) is 2.30. The Hall–Kier alpha value is -1.94. The number of ether oxygens (including phenoxy) is 1. The van der Waals surface area contributed by atoms with Crippen LogP contribution in [0.2, 0.25) is 0 Å². The summed E-state index contributed by atoms with van der Waals surface area (Å²) >= 11 is 0. The van der Waals surface area contributed by atoms with Crippen LogP contribution in [0.25, 0.3) is 0 Å². The summed E-state index contributed by atoms with van der Waals surface area (Å²) in [6.07, 6.45) is -0.815. The average Bonchev–Trinajstić information content (AvgIpc) is 2.40. The maximum Gasteiger partial charge on any atom is 0.127 e. The molecule has 0 saturated carbocycles. The van der Waals surface area contributed by atoms with Crippen LogP contribution in [-0.4, -0.2) is 5.11 Å². The van der Waals surface area contributed by atoms with E-state index in [1.54, 1.807) is 12.1 Å². The number of aliphatic hydroxyl groups is 1. The van der Waals surface area contributed by atoms with E-state index in [2.05, 4.69) is 0 Å². The number of halogens is 2. The molecule has 1 aliphatic heterocycles. The number of aliphatic hydroxyl groups excluding tert-OH is 1. The lowest BCUT2D eigenvalue weighted by Gasteiger charge is -2.29. The molecule has 4 heteroatoms. The van der Waals surface area contributed by atoms with Gasteiger partial charge >= 0.3 is 0 Å². The van der Waals surface area contributed by atoms with Gasteiger partial charge in [-0.2, -0.15) is 0 Å². The van der Waals surface area contributed by atoms with Crippen molar-refractivity contribution in [2.24, 2.45) is 0 Å². The van der Waals surface area contributed by atoms with Gasteiger partial charge in [0.05, 0.1) is 6.10 Å². The van der Waals surface area contributed by atoms with Gasteiger partial charge in [-0.05, 0) is 35.9 Å². The number of benzene rings is 2. The lowest BCUT2D eigenvalue weighted by atomic mass is 9.95. The van der Waals surface area contributed by atoms with E-state index in [-0.39, 0.29) is 11.9 Å². The van der Waals surface area contributed by atoms with Crippen molar-refractivity contribution in [3.05, 3.63) is 65.2 Å². The Balaban J connectivity index is 1.92. The minimum atomic E-state index is -0.783. The molecule has 0 radical (unpaired) electrons. The summed E-state index contributed by atoms with van der Waals surface area (Å²) in [4.78, 5) is 0. The van der Waals surface area contributed by atoms with Gasteiger partial charge in [0.1, 0.15) is 23.5 Å². The van der Waals surface area contributed by atoms with Crippen molar-refractivity contribution in [2.45, 2.75) is 18.6 Å². The maximum atomic E-state index is 13.1. The second kappa shape index (κ2) is 4.63. The van der Waals surface area contributed by atoms with E-state index in [0.717, 1.165) is 5.56 Å². The molecule has 0 saturated heterocycles. The molecule has 19 heavy (non-hydrogen) atoms. The van der Waals surface area contributed by atoms with Crippen LogP contribution in [0.15, 0.2) is 42.5 Å². The van der Waals surface area contributed by atoms with Crippen molar-refractivity contribution in [2.75, 3.05) is 0 Å². The normalized spacial score (nSPS) is 21.6. The molecule has 1 aliphatic rings. The quantitative estimate of drug-likeness (QED) is 0.852. The van der Waals surface area contributed by atoms with E-state index in [1.807, 2.05) is 0 Å². The Morgan fingerprint density at radius 2 is 1.68 bits per heavy atom. The van der Waals surface area contributed by atoms with Gasteiger partial charge in [-0.1, -0.05) is 12.1 Å². The van der Waals surface area contributed by atoms with Crippen LogP contribution in [-0.2, 0) is 0 Å². The third kappa shape index (κ3) is 2.31. The molecule has 2 nitrogen and oxygen atoms in total. The average molecular weight is 262 g/mol. The highest BCUT2D eigenvalue weighted by Crippen LogP contribution is 2.40. The molecular weight excluding hydrogens is 250 g/mol. The Bertz CT molecular complexity index is 596. The first-order valence-electron chi connectivity index (χ1n) is 6.03.